The summed E-state index contributed by atoms with van der Waals surface area (Å²) in [4.78, 5) is 0. The van der Waals surface area contributed by atoms with Gasteiger partial charge >= 0.3 is 0 Å². The van der Waals surface area contributed by atoms with Crippen LogP contribution < -0.4 is 22.9 Å². The van der Waals surface area contributed by atoms with E-state index < -0.39 is 0 Å². The van der Waals surface area contributed by atoms with Gasteiger partial charge in [-0.15, -0.1) is 0 Å². The van der Waals surface area contributed by atoms with Gasteiger partial charge in [-0.2, -0.15) is 0 Å². The zero-order chi connectivity index (χ0) is 6.83. The quantitative estimate of drug-likeness (QED) is 0.419. The molecule has 0 unspecified atom stereocenters. The van der Waals surface area contributed by atoms with Crippen LogP contribution >= 0.6 is 0 Å². The molecule has 0 saturated carbocycles. The molecule has 4 nitrogen and oxygen atoms in total. The summed E-state index contributed by atoms with van der Waals surface area (Å²) in [6.45, 7) is 0. The summed E-state index contributed by atoms with van der Waals surface area (Å²) in [6, 6.07) is 0. The van der Waals surface area contributed by atoms with Gasteiger partial charge in [0, 0.05) is 47.2 Å². The van der Waals surface area contributed by atoms with Crippen molar-refractivity contribution in [2.75, 3.05) is 0 Å². The van der Waals surface area contributed by atoms with E-state index in [4.69, 9.17) is 22.9 Å². The van der Waals surface area contributed by atoms with Crippen molar-refractivity contribution < 1.29 is 22.4 Å². The van der Waals surface area contributed by atoms with Crippen molar-refractivity contribution in [1.82, 2.24) is 0 Å². The van der Waals surface area contributed by atoms with E-state index >= 15 is 0 Å². The molecular weight excluding hydrogens is 301 g/mol. The maximum Gasteiger partial charge on any atom is 0.00957 e. The van der Waals surface area contributed by atoms with Gasteiger partial charge in [0.1, 0.15) is 0 Å². The van der Waals surface area contributed by atoms with Crippen molar-refractivity contribution in [3.63, 3.8) is 0 Å². The molecule has 0 amide bonds. The molecule has 5 heteroatoms. The average Bonchev–Trinajstić information content (AvgIpc) is 1.88. The van der Waals surface area contributed by atoms with Gasteiger partial charge in [-0.25, -0.2) is 0 Å². The SMILES string of the molecule is N/C=C/N.N/C=C/N.[Au]. The van der Waals surface area contributed by atoms with Crippen molar-refractivity contribution in [3.05, 3.63) is 24.8 Å². The summed E-state index contributed by atoms with van der Waals surface area (Å²) in [5.41, 5.74) is 18.9. The van der Waals surface area contributed by atoms with Gasteiger partial charge in [0.25, 0.3) is 0 Å². The normalized spacial score (nSPS) is 8.00. The first-order valence-electron chi connectivity index (χ1n) is 2.00. The van der Waals surface area contributed by atoms with Gasteiger partial charge in [-0.05, 0) is 0 Å². The topological polar surface area (TPSA) is 104 Å². The smallest absolute Gasteiger partial charge is 0.00957 e. The van der Waals surface area contributed by atoms with Gasteiger partial charge in [0.05, 0.1) is 0 Å². The molecule has 0 heterocycles. The third kappa shape index (κ3) is 108. The van der Waals surface area contributed by atoms with Crippen molar-refractivity contribution in [1.29, 1.82) is 0 Å². The molecule has 0 aliphatic carbocycles. The number of hydrogen-bond acceptors (Lipinski definition) is 4. The first kappa shape index (κ1) is 15.8. The standard InChI is InChI=1S/2C2H6N2.Au/c2*3-1-2-4;/h2*1-2H,3-4H2;/b2*2-1+;. The van der Waals surface area contributed by atoms with Crippen LogP contribution in [0.2, 0.25) is 0 Å². The number of nitrogens with two attached hydrogens (primary N) is 4. The van der Waals surface area contributed by atoms with E-state index in [2.05, 4.69) is 0 Å². The van der Waals surface area contributed by atoms with Crippen LogP contribution in [0.1, 0.15) is 0 Å². The summed E-state index contributed by atoms with van der Waals surface area (Å²) < 4.78 is 0. The van der Waals surface area contributed by atoms with Crippen LogP contribution in [0.25, 0.3) is 0 Å². The van der Waals surface area contributed by atoms with Crippen LogP contribution in [-0.2, 0) is 22.4 Å². The zero-order valence-electron chi connectivity index (χ0n) is 4.92. The second kappa shape index (κ2) is 26.1. The van der Waals surface area contributed by atoms with Crippen molar-refractivity contribution in [2.24, 2.45) is 22.9 Å². The van der Waals surface area contributed by atoms with Crippen LogP contribution in [0.4, 0.5) is 0 Å². The third-order valence-electron chi connectivity index (χ3n) is 0.222. The molecule has 0 saturated heterocycles. The molecule has 0 aliphatic rings. The largest absolute Gasteiger partial charge is 0.403 e. The molecule has 0 atom stereocenters. The Kier molecular flexibility index (Phi) is 45.8. The van der Waals surface area contributed by atoms with Crippen LogP contribution in [0.3, 0.4) is 0 Å². The number of rotatable bonds is 0. The Morgan fingerprint density at radius 2 is 0.667 bits per heavy atom. The molecular formula is C4H12AuN4. The van der Waals surface area contributed by atoms with E-state index in [1.165, 1.54) is 24.8 Å². The van der Waals surface area contributed by atoms with E-state index in [9.17, 15) is 0 Å². The third-order valence-corrected chi connectivity index (χ3v) is 0.222. The van der Waals surface area contributed by atoms with Gasteiger partial charge in [0.15, 0.2) is 0 Å². The molecule has 59 valence electrons. The van der Waals surface area contributed by atoms with E-state index in [1.54, 1.807) is 0 Å². The Hall–Kier alpha value is -0.580. The Balaban J connectivity index is -0.0000000720. The van der Waals surface area contributed by atoms with Crippen LogP contribution in [-0.4, -0.2) is 0 Å². The Bertz CT molecular complexity index is 53.0. The van der Waals surface area contributed by atoms with Gasteiger partial charge in [-0.3, -0.25) is 0 Å². The van der Waals surface area contributed by atoms with Gasteiger partial charge in [-0.1, -0.05) is 0 Å². The average molecular weight is 313 g/mol. The molecule has 1 radical (unpaired) electrons. The molecule has 0 fully saturated rings. The first-order chi connectivity index (χ1) is 3.83. The predicted molar refractivity (Wildman–Crippen MR) is 35.0 cm³/mol. The molecule has 9 heavy (non-hydrogen) atoms. The Labute approximate surface area is 70.5 Å². The van der Waals surface area contributed by atoms with E-state index in [-0.39, 0.29) is 22.4 Å². The Morgan fingerprint density at radius 3 is 0.667 bits per heavy atom. The fourth-order valence-electron chi connectivity index (χ4n) is 0. The summed E-state index contributed by atoms with van der Waals surface area (Å²) in [7, 11) is 0. The zero-order valence-corrected chi connectivity index (χ0v) is 7.09. The van der Waals surface area contributed by atoms with Crippen molar-refractivity contribution in [2.45, 2.75) is 0 Å². The molecule has 0 aromatic carbocycles. The minimum Gasteiger partial charge on any atom is -0.403 e. The first-order valence-corrected chi connectivity index (χ1v) is 2.00. The fraction of sp³-hybridized carbons (Fsp3) is 0. The van der Waals surface area contributed by atoms with Crippen LogP contribution in [0.15, 0.2) is 24.8 Å². The summed E-state index contributed by atoms with van der Waals surface area (Å²) >= 11 is 0. The number of hydrogen-bond donors (Lipinski definition) is 4. The molecule has 0 aromatic heterocycles. The molecule has 0 aromatic rings. The fourth-order valence-corrected chi connectivity index (χ4v) is 0. The molecule has 8 N–H and O–H groups in total. The summed E-state index contributed by atoms with van der Waals surface area (Å²) in [6.07, 6.45) is 5.11. The second-order valence-corrected chi connectivity index (χ2v) is 0.770. The van der Waals surface area contributed by atoms with Crippen LogP contribution in [0.5, 0.6) is 0 Å². The van der Waals surface area contributed by atoms with E-state index in [1.807, 2.05) is 0 Å². The minimum absolute atomic E-state index is 0. The molecule has 0 bridgehead atoms. The van der Waals surface area contributed by atoms with Gasteiger partial charge < -0.3 is 22.9 Å². The van der Waals surface area contributed by atoms with Crippen LogP contribution in [0, 0.1) is 0 Å². The molecule has 0 aliphatic heterocycles. The maximum atomic E-state index is 4.72. The van der Waals surface area contributed by atoms with E-state index in [0.717, 1.165) is 0 Å². The molecule has 0 spiro atoms. The summed E-state index contributed by atoms with van der Waals surface area (Å²) in [5.74, 6) is 0. The summed E-state index contributed by atoms with van der Waals surface area (Å²) in [5, 5.41) is 0. The van der Waals surface area contributed by atoms with E-state index in [0.29, 0.717) is 0 Å². The Morgan fingerprint density at radius 1 is 0.556 bits per heavy atom. The predicted octanol–water partition coefficient (Wildman–Crippen LogP) is -1.25. The van der Waals surface area contributed by atoms with Crippen molar-refractivity contribution in [3.8, 4) is 0 Å². The monoisotopic (exact) mass is 313 g/mol. The van der Waals surface area contributed by atoms with Gasteiger partial charge in [0.2, 0.25) is 0 Å². The molecule has 0 rings (SSSR count). The maximum absolute atomic E-state index is 4.72. The van der Waals surface area contributed by atoms with Crippen molar-refractivity contribution >= 4 is 0 Å². The minimum atomic E-state index is 0. The second-order valence-electron chi connectivity index (χ2n) is 0.770.